The largest absolute Gasteiger partial charge is 0.398 e. The van der Waals surface area contributed by atoms with Crippen LogP contribution in [0.4, 0.5) is 5.69 Å². The van der Waals surface area contributed by atoms with Gasteiger partial charge in [-0.15, -0.1) is 5.10 Å². The summed E-state index contributed by atoms with van der Waals surface area (Å²) >= 11 is 4.94. The Bertz CT molecular complexity index is 498. The highest BCUT2D eigenvalue weighted by Crippen LogP contribution is 2.24. The van der Waals surface area contributed by atoms with E-state index in [1.807, 2.05) is 25.2 Å². The zero-order valence-corrected chi connectivity index (χ0v) is 11.0. The van der Waals surface area contributed by atoms with Gasteiger partial charge in [-0.2, -0.15) is 0 Å². The molecule has 5 nitrogen and oxygen atoms in total. The number of thioether (sulfide) groups is 1. The van der Waals surface area contributed by atoms with Gasteiger partial charge in [-0.05, 0) is 44.1 Å². The Hall–Kier alpha value is -1.08. The first-order chi connectivity index (χ1) is 7.66. The minimum absolute atomic E-state index is 0.745. The summed E-state index contributed by atoms with van der Waals surface area (Å²) < 4.78 is 2.56. The van der Waals surface area contributed by atoms with Crippen molar-refractivity contribution in [1.82, 2.24) is 20.2 Å². The lowest BCUT2D eigenvalue weighted by Gasteiger charge is -2.03. The van der Waals surface area contributed by atoms with Gasteiger partial charge in [-0.3, -0.25) is 0 Å². The van der Waals surface area contributed by atoms with Crippen LogP contribution in [-0.4, -0.2) is 20.2 Å². The summed E-state index contributed by atoms with van der Waals surface area (Å²) in [5.74, 6) is 0.797. The summed E-state index contributed by atoms with van der Waals surface area (Å²) in [5, 5.41) is 12.0. The van der Waals surface area contributed by atoms with Gasteiger partial charge >= 0.3 is 0 Å². The van der Waals surface area contributed by atoms with E-state index in [9.17, 15) is 0 Å². The fourth-order valence-corrected chi connectivity index (χ4v) is 2.21. The van der Waals surface area contributed by atoms with E-state index < -0.39 is 0 Å². The lowest BCUT2D eigenvalue weighted by atomic mass is 10.2. The Kier molecular flexibility index (Phi) is 3.45. The highest BCUT2D eigenvalue weighted by atomic mass is 79.9. The third-order valence-electron chi connectivity index (χ3n) is 2.01. The Morgan fingerprint density at radius 2 is 2.31 bits per heavy atom. The number of benzene rings is 1. The number of nitrogen functional groups attached to an aromatic ring is 1. The SMILES string of the molecule is Cn1nnnc1SCc1ccc(Br)c(N)c1. The number of tetrazole rings is 1. The van der Waals surface area contributed by atoms with Gasteiger partial charge in [0.25, 0.3) is 0 Å². The molecule has 0 radical (unpaired) electrons. The number of nitrogens with zero attached hydrogens (tertiary/aromatic N) is 4. The van der Waals surface area contributed by atoms with Gasteiger partial charge in [0.05, 0.1) is 0 Å². The van der Waals surface area contributed by atoms with Crippen molar-refractivity contribution in [2.24, 2.45) is 7.05 Å². The first-order valence-corrected chi connectivity index (χ1v) is 6.34. The van der Waals surface area contributed by atoms with Gasteiger partial charge in [0.2, 0.25) is 5.16 Å². The van der Waals surface area contributed by atoms with Crippen LogP contribution in [-0.2, 0) is 12.8 Å². The van der Waals surface area contributed by atoms with E-state index in [0.29, 0.717) is 0 Å². The maximum atomic E-state index is 5.80. The molecule has 0 aliphatic heterocycles. The third kappa shape index (κ3) is 2.53. The monoisotopic (exact) mass is 299 g/mol. The first-order valence-electron chi connectivity index (χ1n) is 4.56. The van der Waals surface area contributed by atoms with Crippen molar-refractivity contribution in [2.45, 2.75) is 10.9 Å². The molecule has 1 aromatic carbocycles. The van der Waals surface area contributed by atoms with Crippen LogP contribution in [0.1, 0.15) is 5.56 Å². The summed E-state index contributed by atoms with van der Waals surface area (Å²) in [6, 6.07) is 5.91. The van der Waals surface area contributed by atoms with Gasteiger partial charge in [-0.25, -0.2) is 4.68 Å². The third-order valence-corrected chi connectivity index (χ3v) is 3.81. The fraction of sp³-hybridized carbons (Fsp3) is 0.222. The fourth-order valence-electron chi connectivity index (χ4n) is 1.17. The molecule has 0 spiro atoms. The number of aryl methyl sites for hydroxylation is 1. The average Bonchev–Trinajstić information content (AvgIpc) is 2.66. The molecule has 2 rings (SSSR count). The van der Waals surface area contributed by atoms with Crippen LogP contribution in [0.2, 0.25) is 0 Å². The molecule has 0 saturated carbocycles. The number of aromatic nitrogens is 4. The van der Waals surface area contributed by atoms with E-state index in [-0.39, 0.29) is 0 Å². The maximum Gasteiger partial charge on any atom is 0.209 e. The molecular formula is C9H10BrN5S. The van der Waals surface area contributed by atoms with Crippen molar-refractivity contribution in [3.63, 3.8) is 0 Å². The Morgan fingerprint density at radius 3 is 2.94 bits per heavy atom. The molecule has 1 heterocycles. The zero-order chi connectivity index (χ0) is 11.5. The number of halogens is 1. The van der Waals surface area contributed by atoms with Gasteiger partial charge in [-0.1, -0.05) is 17.8 Å². The number of rotatable bonds is 3. The van der Waals surface area contributed by atoms with Crippen molar-refractivity contribution < 1.29 is 0 Å². The molecule has 0 aliphatic carbocycles. The van der Waals surface area contributed by atoms with Crippen LogP contribution in [0.5, 0.6) is 0 Å². The van der Waals surface area contributed by atoms with Gasteiger partial charge < -0.3 is 5.73 Å². The van der Waals surface area contributed by atoms with Gasteiger partial charge in [0, 0.05) is 23.0 Å². The minimum atomic E-state index is 0.745. The van der Waals surface area contributed by atoms with Crippen molar-refractivity contribution in [3.8, 4) is 0 Å². The van der Waals surface area contributed by atoms with E-state index in [1.54, 1.807) is 16.4 Å². The smallest absolute Gasteiger partial charge is 0.209 e. The summed E-state index contributed by atoms with van der Waals surface area (Å²) in [6.45, 7) is 0. The van der Waals surface area contributed by atoms with E-state index in [4.69, 9.17) is 5.73 Å². The Morgan fingerprint density at radius 1 is 1.50 bits per heavy atom. The highest BCUT2D eigenvalue weighted by Gasteiger charge is 2.04. The maximum absolute atomic E-state index is 5.80. The molecule has 0 fully saturated rings. The van der Waals surface area contributed by atoms with Crippen LogP contribution in [0.15, 0.2) is 27.8 Å². The minimum Gasteiger partial charge on any atom is -0.398 e. The molecular weight excluding hydrogens is 290 g/mol. The highest BCUT2D eigenvalue weighted by molar-refractivity contribution is 9.10. The van der Waals surface area contributed by atoms with E-state index >= 15 is 0 Å². The predicted molar refractivity (Wildman–Crippen MR) is 66.9 cm³/mol. The Balaban J connectivity index is 2.05. The van der Waals surface area contributed by atoms with Crippen molar-refractivity contribution in [1.29, 1.82) is 0 Å². The van der Waals surface area contributed by atoms with Crippen LogP contribution in [0, 0.1) is 0 Å². The average molecular weight is 300 g/mol. The lowest BCUT2D eigenvalue weighted by molar-refractivity contribution is 0.664. The molecule has 16 heavy (non-hydrogen) atoms. The molecule has 0 unspecified atom stereocenters. The van der Waals surface area contributed by atoms with Gasteiger partial charge in [0.1, 0.15) is 0 Å². The summed E-state index contributed by atoms with van der Waals surface area (Å²) in [7, 11) is 1.82. The number of hydrogen-bond acceptors (Lipinski definition) is 5. The molecule has 0 bridgehead atoms. The van der Waals surface area contributed by atoms with Crippen LogP contribution in [0.25, 0.3) is 0 Å². The summed E-state index contributed by atoms with van der Waals surface area (Å²) in [5.41, 5.74) is 7.69. The molecule has 0 atom stereocenters. The molecule has 1 aromatic heterocycles. The number of anilines is 1. The van der Waals surface area contributed by atoms with Crippen LogP contribution >= 0.6 is 27.7 Å². The molecule has 0 amide bonds. The number of nitrogens with two attached hydrogens (primary N) is 1. The van der Waals surface area contributed by atoms with E-state index in [0.717, 1.165) is 26.6 Å². The normalized spacial score (nSPS) is 10.6. The second kappa shape index (κ2) is 4.84. The van der Waals surface area contributed by atoms with Crippen LogP contribution < -0.4 is 5.73 Å². The van der Waals surface area contributed by atoms with Crippen molar-refractivity contribution in [2.75, 3.05) is 5.73 Å². The molecule has 0 saturated heterocycles. The predicted octanol–water partition coefficient (Wildman–Crippen LogP) is 1.85. The second-order valence-electron chi connectivity index (χ2n) is 3.23. The van der Waals surface area contributed by atoms with E-state index in [2.05, 4.69) is 31.5 Å². The molecule has 2 aromatic rings. The standard InChI is InChI=1S/C9H10BrN5S/c1-15-9(12-13-14-15)16-5-6-2-3-7(10)8(11)4-6/h2-4H,5,11H2,1H3. The molecule has 2 N–H and O–H groups in total. The molecule has 0 aliphatic rings. The topological polar surface area (TPSA) is 69.6 Å². The van der Waals surface area contributed by atoms with Crippen LogP contribution in [0.3, 0.4) is 0 Å². The number of hydrogen-bond donors (Lipinski definition) is 1. The van der Waals surface area contributed by atoms with Crippen molar-refractivity contribution >= 4 is 33.4 Å². The molecule has 84 valence electrons. The quantitative estimate of drug-likeness (QED) is 0.692. The van der Waals surface area contributed by atoms with Gasteiger partial charge in [0.15, 0.2) is 0 Å². The zero-order valence-electron chi connectivity index (χ0n) is 8.59. The van der Waals surface area contributed by atoms with Crippen molar-refractivity contribution in [3.05, 3.63) is 28.2 Å². The summed E-state index contributed by atoms with van der Waals surface area (Å²) in [6.07, 6.45) is 0. The second-order valence-corrected chi connectivity index (χ2v) is 5.03. The summed E-state index contributed by atoms with van der Waals surface area (Å²) in [4.78, 5) is 0. The Labute approximate surface area is 106 Å². The van der Waals surface area contributed by atoms with E-state index in [1.165, 1.54) is 0 Å². The first kappa shape index (κ1) is 11.4. The lowest BCUT2D eigenvalue weighted by Crippen LogP contribution is -1.94. The molecule has 7 heteroatoms.